The van der Waals surface area contributed by atoms with Crippen molar-refractivity contribution in [3.63, 3.8) is 0 Å². The molecular weight excluding hydrogens is 426 g/mol. The molecule has 9 heteroatoms. The minimum atomic E-state index is -3.89. The summed E-state index contributed by atoms with van der Waals surface area (Å²) < 4.78 is 48.0. The van der Waals surface area contributed by atoms with Gasteiger partial charge in [0.1, 0.15) is 0 Å². The molecule has 0 bridgehead atoms. The van der Waals surface area contributed by atoms with E-state index in [2.05, 4.69) is 4.74 Å². The Morgan fingerprint density at radius 2 is 1.29 bits per heavy atom. The van der Waals surface area contributed by atoms with Crippen molar-refractivity contribution in [1.29, 1.82) is 0 Å². The second kappa shape index (κ2) is 12.3. The highest BCUT2D eigenvalue weighted by molar-refractivity contribution is 7.53. The number of halogens is 1. The van der Waals surface area contributed by atoms with Gasteiger partial charge in [-0.1, -0.05) is 60.7 Å². The van der Waals surface area contributed by atoms with Crippen molar-refractivity contribution in [1.82, 2.24) is 0 Å². The lowest BCUT2D eigenvalue weighted by atomic mass is 10.0. The molecule has 0 spiro atoms. The zero-order valence-electron chi connectivity index (χ0n) is 17.4. The van der Waals surface area contributed by atoms with Gasteiger partial charge in [0.15, 0.2) is 6.17 Å². The quantitative estimate of drug-likeness (QED) is 0.350. The van der Waals surface area contributed by atoms with Crippen molar-refractivity contribution in [2.75, 3.05) is 20.4 Å². The molecule has 0 aliphatic rings. The van der Waals surface area contributed by atoms with Crippen molar-refractivity contribution in [3.8, 4) is 0 Å². The molecule has 0 heterocycles. The summed E-state index contributed by atoms with van der Waals surface area (Å²) in [7, 11) is -1.72. The summed E-state index contributed by atoms with van der Waals surface area (Å²) in [6, 6.07) is 18.0. The summed E-state index contributed by atoms with van der Waals surface area (Å²) in [6.45, 7) is -0.0618. The Morgan fingerprint density at radius 3 is 1.71 bits per heavy atom. The first-order chi connectivity index (χ1) is 14.9. The van der Waals surface area contributed by atoms with Crippen LogP contribution in [0.1, 0.15) is 17.5 Å². The molecule has 31 heavy (non-hydrogen) atoms. The first kappa shape index (κ1) is 24.7. The van der Waals surface area contributed by atoms with Gasteiger partial charge in [-0.3, -0.25) is 9.36 Å². The average molecular weight is 452 g/mol. The third-order valence-electron chi connectivity index (χ3n) is 4.47. The SMILES string of the molecule is COC(=O)[C@@H](C[C@H](F)C(=O)OC)CP(=O)(OCc1ccccc1)OCc1ccccc1. The van der Waals surface area contributed by atoms with Crippen LogP contribution in [0.5, 0.6) is 0 Å². The number of carbonyl (C=O) groups is 2. The van der Waals surface area contributed by atoms with Crippen molar-refractivity contribution in [2.45, 2.75) is 25.8 Å². The lowest BCUT2D eigenvalue weighted by molar-refractivity contribution is -0.150. The van der Waals surface area contributed by atoms with E-state index >= 15 is 0 Å². The molecule has 2 aromatic rings. The van der Waals surface area contributed by atoms with Gasteiger partial charge in [-0.2, -0.15) is 0 Å². The highest BCUT2D eigenvalue weighted by Crippen LogP contribution is 2.52. The van der Waals surface area contributed by atoms with Gasteiger partial charge < -0.3 is 18.5 Å². The van der Waals surface area contributed by atoms with Gasteiger partial charge in [0.25, 0.3) is 0 Å². The molecule has 0 aliphatic heterocycles. The molecule has 0 N–H and O–H groups in total. The lowest BCUT2D eigenvalue weighted by Crippen LogP contribution is -2.28. The van der Waals surface area contributed by atoms with E-state index in [0.717, 1.165) is 25.3 Å². The fraction of sp³-hybridized carbons (Fsp3) is 0.364. The van der Waals surface area contributed by atoms with Gasteiger partial charge in [0.2, 0.25) is 0 Å². The molecule has 0 unspecified atom stereocenters. The molecule has 7 nitrogen and oxygen atoms in total. The smallest absolute Gasteiger partial charge is 0.340 e. The summed E-state index contributed by atoms with van der Waals surface area (Å²) in [5.74, 6) is -3.17. The minimum absolute atomic E-state index is 0.0309. The molecule has 2 aromatic carbocycles. The van der Waals surface area contributed by atoms with E-state index in [0.29, 0.717) is 0 Å². The molecule has 2 rings (SSSR count). The molecule has 0 amide bonds. The summed E-state index contributed by atoms with van der Waals surface area (Å²) in [5.41, 5.74) is 1.50. The third-order valence-corrected chi connectivity index (χ3v) is 6.40. The Balaban J connectivity index is 2.19. The Kier molecular flexibility index (Phi) is 9.85. The van der Waals surface area contributed by atoms with E-state index < -0.39 is 44.2 Å². The number of hydrogen-bond donors (Lipinski definition) is 0. The standard InChI is InChI=1S/C22H26FO7P/c1-27-21(24)19(13-20(23)22(25)28-2)16-31(26,29-14-17-9-5-3-6-10-17)30-15-18-11-7-4-8-12-18/h3-12,19-20H,13-16H2,1-2H3/t19-,20-/m0/s1. The van der Waals surface area contributed by atoms with E-state index in [4.69, 9.17) is 13.8 Å². The number of esters is 2. The zero-order chi connectivity index (χ0) is 22.7. The molecule has 168 valence electrons. The molecule has 0 radical (unpaired) electrons. The predicted octanol–water partition coefficient (Wildman–Crippen LogP) is 4.30. The van der Waals surface area contributed by atoms with Crippen LogP contribution in [0.3, 0.4) is 0 Å². The molecule has 0 aliphatic carbocycles. The molecule has 0 fully saturated rings. The Morgan fingerprint density at radius 1 is 0.839 bits per heavy atom. The third kappa shape index (κ3) is 8.25. The Labute approximate surface area is 181 Å². The number of methoxy groups -OCH3 is 2. The second-order valence-corrected chi connectivity index (χ2v) is 8.86. The topological polar surface area (TPSA) is 88.1 Å². The van der Waals surface area contributed by atoms with Crippen LogP contribution in [0.4, 0.5) is 4.39 Å². The zero-order valence-corrected chi connectivity index (χ0v) is 18.3. The number of rotatable bonds is 12. The van der Waals surface area contributed by atoms with Gasteiger partial charge >= 0.3 is 19.5 Å². The van der Waals surface area contributed by atoms with Crippen LogP contribution in [-0.2, 0) is 45.9 Å². The molecule has 0 aromatic heterocycles. The van der Waals surface area contributed by atoms with Crippen molar-refractivity contribution < 1.29 is 37.1 Å². The van der Waals surface area contributed by atoms with E-state index in [9.17, 15) is 18.5 Å². The Hall–Kier alpha value is -2.54. The number of hydrogen-bond acceptors (Lipinski definition) is 7. The number of alkyl halides is 1. The van der Waals surface area contributed by atoms with Crippen LogP contribution in [-0.4, -0.2) is 38.5 Å². The first-order valence-corrected chi connectivity index (χ1v) is 11.4. The molecule has 0 saturated heterocycles. The number of ether oxygens (including phenoxy) is 2. The fourth-order valence-electron chi connectivity index (χ4n) is 2.79. The Bertz CT molecular complexity index is 828. The van der Waals surface area contributed by atoms with Gasteiger partial charge in [-0.05, 0) is 11.1 Å². The fourth-order valence-corrected chi connectivity index (χ4v) is 4.61. The van der Waals surface area contributed by atoms with Crippen LogP contribution < -0.4 is 0 Å². The van der Waals surface area contributed by atoms with Crippen LogP contribution in [0.25, 0.3) is 0 Å². The maximum absolute atomic E-state index is 14.2. The van der Waals surface area contributed by atoms with E-state index in [-0.39, 0.29) is 13.2 Å². The molecule has 2 atom stereocenters. The molecule has 0 saturated carbocycles. The van der Waals surface area contributed by atoms with Crippen LogP contribution in [0.15, 0.2) is 60.7 Å². The highest BCUT2D eigenvalue weighted by atomic mass is 31.2. The van der Waals surface area contributed by atoms with Crippen LogP contribution >= 0.6 is 7.60 Å². The maximum atomic E-state index is 14.2. The summed E-state index contributed by atoms with van der Waals surface area (Å²) >= 11 is 0. The highest BCUT2D eigenvalue weighted by Gasteiger charge is 2.37. The number of carbonyl (C=O) groups excluding carboxylic acids is 2. The van der Waals surface area contributed by atoms with Crippen molar-refractivity contribution in [2.24, 2.45) is 5.92 Å². The van der Waals surface area contributed by atoms with E-state index in [1.165, 1.54) is 0 Å². The van der Waals surface area contributed by atoms with E-state index in [1.807, 2.05) is 12.1 Å². The van der Waals surface area contributed by atoms with Gasteiger partial charge in [0.05, 0.1) is 39.5 Å². The van der Waals surface area contributed by atoms with Gasteiger partial charge in [-0.25, -0.2) is 9.18 Å². The summed E-state index contributed by atoms with van der Waals surface area (Å²) in [6.07, 6.45) is -3.09. The summed E-state index contributed by atoms with van der Waals surface area (Å²) in [5, 5.41) is 0. The number of benzene rings is 2. The second-order valence-electron chi connectivity index (χ2n) is 6.76. The first-order valence-electron chi connectivity index (χ1n) is 9.62. The normalized spacial score (nSPS) is 13.3. The van der Waals surface area contributed by atoms with Gasteiger partial charge in [0, 0.05) is 6.42 Å². The predicted molar refractivity (Wildman–Crippen MR) is 112 cm³/mol. The van der Waals surface area contributed by atoms with Crippen molar-refractivity contribution >= 4 is 19.5 Å². The van der Waals surface area contributed by atoms with Crippen LogP contribution in [0.2, 0.25) is 0 Å². The van der Waals surface area contributed by atoms with Crippen molar-refractivity contribution in [3.05, 3.63) is 71.8 Å². The van der Waals surface area contributed by atoms with E-state index in [1.54, 1.807) is 48.5 Å². The monoisotopic (exact) mass is 452 g/mol. The summed E-state index contributed by atoms with van der Waals surface area (Å²) in [4.78, 5) is 23.7. The maximum Gasteiger partial charge on any atom is 0.340 e. The average Bonchev–Trinajstić information content (AvgIpc) is 2.81. The molecular formula is C22H26FO7P. The van der Waals surface area contributed by atoms with Crippen LogP contribution in [0, 0.1) is 5.92 Å². The largest absolute Gasteiger partial charge is 0.469 e. The minimum Gasteiger partial charge on any atom is -0.469 e. The lowest BCUT2D eigenvalue weighted by Gasteiger charge is -2.23. The van der Waals surface area contributed by atoms with Gasteiger partial charge in [-0.15, -0.1) is 0 Å².